The SMILES string of the molecule is COC(=O)CCCCN1C(=O)[C@@]2(O[C@@H](CCO)[C@H]([Si](C)(C)c3ccc(OC)cc3)[C@H]2C)c2cc(NC(=O)[C@H]3O[C@@H](O)[C@H](O)[C@@H](O)[C@@H]3O)ccc21. The van der Waals surface area contributed by atoms with Gasteiger partial charge >= 0.3 is 5.97 Å². The van der Waals surface area contributed by atoms with E-state index < -0.39 is 56.4 Å². The summed E-state index contributed by atoms with van der Waals surface area (Å²) in [7, 11) is 0.486. The van der Waals surface area contributed by atoms with Gasteiger partial charge in [-0.3, -0.25) is 14.4 Å². The van der Waals surface area contributed by atoms with E-state index in [1.165, 1.54) is 7.11 Å². The summed E-state index contributed by atoms with van der Waals surface area (Å²) in [6.45, 7) is 6.58. The Morgan fingerprint density at radius 3 is 2.34 bits per heavy atom. The highest BCUT2D eigenvalue weighted by Crippen LogP contribution is 2.60. The number of nitrogens with zero attached hydrogens (tertiary/aromatic N) is 1. The molecular formula is C35H48N2O12Si. The molecule has 1 spiro atoms. The van der Waals surface area contributed by atoms with E-state index in [4.69, 9.17) is 18.9 Å². The van der Waals surface area contributed by atoms with Crippen molar-refractivity contribution in [3.05, 3.63) is 48.0 Å². The Morgan fingerprint density at radius 2 is 1.70 bits per heavy atom. The van der Waals surface area contributed by atoms with Gasteiger partial charge in [0, 0.05) is 36.7 Å². The Labute approximate surface area is 291 Å². The number of esters is 1. The highest BCUT2D eigenvalue weighted by atomic mass is 28.3. The molecular weight excluding hydrogens is 668 g/mol. The molecule has 0 bridgehead atoms. The lowest BCUT2D eigenvalue weighted by Gasteiger charge is -2.37. The minimum Gasteiger partial charge on any atom is -0.497 e. The molecule has 2 aromatic rings. The van der Waals surface area contributed by atoms with Crippen LogP contribution in [0.3, 0.4) is 0 Å². The van der Waals surface area contributed by atoms with Crippen LogP contribution in [0.25, 0.3) is 0 Å². The molecule has 9 atom stereocenters. The highest BCUT2D eigenvalue weighted by Gasteiger charge is 2.66. The van der Waals surface area contributed by atoms with E-state index in [1.54, 1.807) is 30.2 Å². The van der Waals surface area contributed by atoms with Crippen molar-refractivity contribution in [2.24, 2.45) is 5.92 Å². The van der Waals surface area contributed by atoms with E-state index in [9.17, 15) is 39.9 Å². The number of carbonyl (C=O) groups is 3. The van der Waals surface area contributed by atoms with Crippen LogP contribution in [0.15, 0.2) is 42.5 Å². The van der Waals surface area contributed by atoms with E-state index >= 15 is 0 Å². The first-order valence-electron chi connectivity index (χ1n) is 16.9. The second-order valence-electron chi connectivity index (χ2n) is 13.8. The maximum Gasteiger partial charge on any atom is 0.305 e. The van der Waals surface area contributed by atoms with Crippen LogP contribution >= 0.6 is 0 Å². The van der Waals surface area contributed by atoms with Crippen molar-refractivity contribution in [3.8, 4) is 5.75 Å². The fraction of sp³-hybridized carbons (Fsp3) is 0.571. The number of amides is 2. The maximum absolute atomic E-state index is 14.8. The Bertz CT molecular complexity index is 1560. The molecule has 3 aliphatic rings. The Morgan fingerprint density at radius 1 is 1.00 bits per heavy atom. The van der Waals surface area contributed by atoms with Crippen LogP contribution in [-0.4, -0.2) is 116 Å². The van der Waals surface area contributed by atoms with Crippen LogP contribution in [0.1, 0.15) is 38.2 Å². The number of hydrogen-bond donors (Lipinski definition) is 6. The molecule has 15 heteroatoms. The van der Waals surface area contributed by atoms with Crippen LogP contribution in [0.5, 0.6) is 5.75 Å². The molecule has 2 saturated heterocycles. The number of benzene rings is 2. The predicted molar refractivity (Wildman–Crippen MR) is 183 cm³/mol. The minimum absolute atomic E-state index is 0.127. The van der Waals surface area contributed by atoms with Gasteiger partial charge in [0.25, 0.3) is 11.8 Å². The summed E-state index contributed by atoms with van der Waals surface area (Å²) in [5, 5.41) is 54.4. The zero-order valence-corrected chi connectivity index (χ0v) is 29.9. The van der Waals surface area contributed by atoms with E-state index in [0.717, 1.165) is 10.9 Å². The lowest BCUT2D eigenvalue weighted by molar-refractivity contribution is -0.274. The lowest BCUT2D eigenvalue weighted by Crippen LogP contribution is -2.60. The zero-order valence-electron chi connectivity index (χ0n) is 28.9. The van der Waals surface area contributed by atoms with Gasteiger partial charge in [-0.2, -0.15) is 0 Å². The van der Waals surface area contributed by atoms with E-state index in [1.807, 2.05) is 31.2 Å². The number of fused-ring (bicyclic) bond motifs is 2. The first-order chi connectivity index (χ1) is 23.7. The fourth-order valence-corrected chi connectivity index (χ4v) is 12.0. The fourth-order valence-electron chi connectivity index (χ4n) is 7.94. The second-order valence-corrected chi connectivity index (χ2v) is 18.5. The molecule has 0 unspecified atom stereocenters. The summed E-state index contributed by atoms with van der Waals surface area (Å²) >= 11 is 0. The normalized spacial score (nSPS) is 30.8. The van der Waals surface area contributed by atoms with Gasteiger partial charge in [0.15, 0.2) is 18.0 Å². The Hall–Kier alpha value is -3.41. The molecule has 3 heterocycles. The van der Waals surface area contributed by atoms with Gasteiger partial charge in [-0.1, -0.05) is 37.3 Å². The third kappa shape index (κ3) is 6.68. The van der Waals surface area contributed by atoms with E-state index in [-0.39, 0.29) is 42.1 Å². The summed E-state index contributed by atoms with van der Waals surface area (Å²) in [4.78, 5) is 41.5. The predicted octanol–water partition coefficient (Wildman–Crippen LogP) is 0.722. The topological polar surface area (TPSA) is 205 Å². The monoisotopic (exact) mass is 716 g/mol. The number of anilines is 2. The van der Waals surface area contributed by atoms with Gasteiger partial charge in [0.05, 0.1) is 34.1 Å². The number of aliphatic hydroxyl groups excluding tert-OH is 5. The molecule has 14 nitrogen and oxygen atoms in total. The number of rotatable bonds is 12. The van der Waals surface area contributed by atoms with Gasteiger partial charge in [0.1, 0.15) is 24.1 Å². The molecule has 2 fully saturated rings. The molecule has 0 saturated carbocycles. The quantitative estimate of drug-likeness (QED) is 0.102. The van der Waals surface area contributed by atoms with Crippen LogP contribution < -0.4 is 20.1 Å². The number of aliphatic hydroxyl groups is 5. The highest BCUT2D eigenvalue weighted by molar-refractivity contribution is 6.91. The standard InChI is InChI=1S/C35H48N2O12Si/c1-19-31(50(4,5)22-12-10-21(46-2)11-13-22)25(15-17-38)49-35(19)23-18-20(36-32(43)30-28(41)27(40)29(42)33(44)48-30)9-14-24(23)37(34(35)45)16-7-6-8-26(39)47-3/h9-14,18-19,25,27-31,33,38,40-42,44H,6-8,15-17H2,1-5H3,(H,36,43)/t19-,25+,27+,28+,29-,30+,31-,33-,35+/m1/s1. The molecule has 0 radical (unpaired) electrons. The van der Waals surface area contributed by atoms with Crippen molar-refractivity contribution in [1.82, 2.24) is 0 Å². The average molecular weight is 717 g/mol. The van der Waals surface area contributed by atoms with Crippen molar-refractivity contribution < 1.29 is 58.9 Å². The molecule has 274 valence electrons. The van der Waals surface area contributed by atoms with Crippen molar-refractivity contribution in [1.29, 1.82) is 0 Å². The summed E-state index contributed by atoms with van der Waals surface area (Å²) < 4.78 is 22.2. The molecule has 0 aromatic heterocycles. The van der Waals surface area contributed by atoms with Crippen molar-refractivity contribution in [3.63, 3.8) is 0 Å². The van der Waals surface area contributed by atoms with Crippen LogP contribution in [0, 0.1) is 5.92 Å². The number of hydrogen-bond acceptors (Lipinski definition) is 12. The largest absolute Gasteiger partial charge is 0.497 e. The van der Waals surface area contributed by atoms with Crippen molar-refractivity contribution >= 4 is 42.4 Å². The van der Waals surface area contributed by atoms with Gasteiger partial charge in [-0.05, 0) is 55.1 Å². The van der Waals surface area contributed by atoms with Crippen LogP contribution in [0.4, 0.5) is 11.4 Å². The van der Waals surface area contributed by atoms with Gasteiger partial charge in [-0.15, -0.1) is 0 Å². The van der Waals surface area contributed by atoms with Gasteiger partial charge < -0.3 is 54.7 Å². The molecule has 2 amide bonds. The molecule has 0 aliphatic carbocycles. The number of methoxy groups -OCH3 is 2. The molecule has 3 aliphatic heterocycles. The maximum atomic E-state index is 14.8. The summed E-state index contributed by atoms with van der Waals surface area (Å²) in [5.41, 5.74) is -0.266. The first-order valence-corrected chi connectivity index (χ1v) is 20.0. The lowest BCUT2D eigenvalue weighted by atomic mass is 9.82. The minimum atomic E-state index is -2.44. The third-order valence-electron chi connectivity index (χ3n) is 10.6. The molecule has 2 aromatic carbocycles. The molecule has 6 N–H and O–H groups in total. The number of ether oxygens (including phenoxy) is 4. The Balaban J connectivity index is 1.53. The number of carbonyl (C=O) groups excluding carboxylic acids is 3. The third-order valence-corrected chi connectivity index (χ3v) is 15.0. The van der Waals surface area contributed by atoms with Crippen molar-refractivity contribution in [2.45, 2.75) is 93.7 Å². The van der Waals surface area contributed by atoms with Crippen LogP contribution in [-0.2, 0) is 34.2 Å². The second kappa shape index (κ2) is 15.1. The first kappa shape index (κ1) is 37.8. The smallest absolute Gasteiger partial charge is 0.305 e. The summed E-state index contributed by atoms with van der Waals surface area (Å²) in [6.07, 6.45) is -8.02. The number of nitrogens with one attached hydrogen (secondary N) is 1. The zero-order chi connectivity index (χ0) is 36.5. The number of unbranched alkanes of at least 4 members (excludes halogenated alkanes) is 1. The molecule has 50 heavy (non-hydrogen) atoms. The molecule has 5 rings (SSSR count). The van der Waals surface area contributed by atoms with E-state index in [0.29, 0.717) is 37.1 Å². The van der Waals surface area contributed by atoms with E-state index in [2.05, 4.69) is 18.4 Å². The Kier molecular flexibility index (Phi) is 11.4. The van der Waals surface area contributed by atoms with Crippen LogP contribution in [0.2, 0.25) is 18.6 Å². The summed E-state index contributed by atoms with van der Waals surface area (Å²) in [6, 6.07) is 12.8. The van der Waals surface area contributed by atoms with Gasteiger partial charge in [0.2, 0.25) is 0 Å². The average Bonchev–Trinajstić information content (AvgIpc) is 3.53. The van der Waals surface area contributed by atoms with Crippen molar-refractivity contribution in [2.75, 3.05) is 37.6 Å². The summed E-state index contributed by atoms with van der Waals surface area (Å²) in [5.74, 6) is -1.16. The van der Waals surface area contributed by atoms with Gasteiger partial charge in [-0.25, -0.2) is 0 Å².